The van der Waals surface area contributed by atoms with Crippen molar-refractivity contribution in [3.63, 3.8) is 0 Å². The van der Waals surface area contributed by atoms with Gasteiger partial charge in [-0.3, -0.25) is 0 Å². The van der Waals surface area contributed by atoms with Gasteiger partial charge in [-0.2, -0.15) is 0 Å². The smallest absolute Gasteiger partial charge is 0.316 e. The first kappa shape index (κ1) is 10.8. The maximum Gasteiger partial charge on any atom is 0.316 e. The Morgan fingerprint density at radius 2 is 2.27 bits per heavy atom. The molecule has 0 aliphatic carbocycles. The van der Waals surface area contributed by atoms with Crippen molar-refractivity contribution < 1.29 is 4.74 Å². The minimum absolute atomic E-state index is 0.314. The van der Waals surface area contributed by atoms with Gasteiger partial charge >= 0.3 is 6.01 Å². The van der Waals surface area contributed by atoms with Gasteiger partial charge in [0.25, 0.3) is 0 Å². The van der Waals surface area contributed by atoms with Crippen molar-refractivity contribution in [2.24, 2.45) is 5.11 Å². The molecule has 0 aliphatic rings. The lowest BCUT2D eigenvalue weighted by molar-refractivity contribution is 0.379. The zero-order valence-corrected chi connectivity index (χ0v) is 8.21. The number of nitrogens with zero attached hydrogens (tertiary/aromatic N) is 5. The third-order valence-electron chi connectivity index (χ3n) is 1.44. The van der Waals surface area contributed by atoms with Crippen LogP contribution in [0.4, 0.5) is 0 Å². The van der Waals surface area contributed by atoms with E-state index in [0.717, 1.165) is 0 Å². The van der Waals surface area contributed by atoms with Gasteiger partial charge in [-0.25, -0.2) is 9.97 Å². The molecule has 0 saturated carbocycles. The summed E-state index contributed by atoms with van der Waals surface area (Å²) in [6, 6.07) is 0.314. The van der Waals surface area contributed by atoms with Crippen LogP contribution < -0.4 is 4.74 Å². The van der Waals surface area contributed by atoms with Crippen molar-refractivity contribution in [3.05, 3.63) is 28.4 Å². The van der Waals surface area contributed by atoms with Crippen LogP contribution in [-0.4, -0.2) is 23.6 Å². The van der Waals surface area contributed by atoms with E-state index in [0.29, 0.717) is 24.5 Å². The number of hydrogen-bond acceptors (Lipinski definition) is 4. The normalized spacial score (nSPS) is 8.33. The SMILES string of the molecule is COc1ncc(C#CCCN=[N+]=[N-])cn1. The van der Waals surface area contributed by atoms with E-state index in [4.69, 9.17) is 10.3 Å². The number of aromatic nitrogens is 2. The van der Waals surface area contributed by atoms with Crippen molar-refractivity contribution in [3.8, 4) is 17.9 Å². The molecule has 0 radical (unpaired) electrons. The zero-order valence-electron chi connectivity index (χ0n) is 8.21. The van der Waals surface area contributed by atoms with Crippen molar-refractivity contribution in [1.29, 1.82) is 0 Å². The van der Waals surface area contributed by atoms with E-state index in [-0.39, 0.29) is 0 Å². The second-order valence-electron chi connectivity index (χ2n) is 2.46. The van der Waals surface area contributed by atoms with Gasteiger partial charge in [-0.15, -0.1) is 0 Å². The second kappa shape index (κ2) is 6.24. The molecule has 1 rings (SSSR count). The third kappa shape index (κ3) is 3.98. The van der Waals surface area contributed by atoms with E-state index in [2.05, 4.69) is 31.8 Å². The average molecular weight is 203 g/mol. The highest BCUT2D eigenvalue weighted by Gasteiger charge is 1.92. The van der Waals surface area contributed by atoms with Crippen molar-refractivity contribution >= 4 is 0 Å². The summed E-state index contributed by atoms with van der Waals surface area (Å²) in [5.41, 5.74) is 8.72. The molecule has 0 fully saturated rings. The molecule has 1 aromatic rings. The fourth-order valence-electron chi connectivity index (χ4n) is 0.801. The van der Waals surface area contributed by atoms with Crippen LogP contribution in [0, 0.1) is 11.8 Å². The van der Waals surface area contributed by atoms with E-state index < -0.39 is 0 Å². The summed E-state index contributed by atoms with van der Waals surface area (Å²) in [5, 5.41) is 3.36. The van der Waals surface area contributed by atoms with Crippen LogP contribution in [0.5, 0.6) is 6.01 Å². The summed E-state index contributed by atoms with van der Waals surface area (Å²) in [7, 11) is 1.50. The van der Waals surface area contributed by atoms with Gasteiger partial charge in [-0.1, -0.05) is 17.0 Å². The van der Waals surface area contributed by atoms with Gasteiger partial charge in [-0.05, 0) is 5.53 Å². The summed E-state index contributed by atoms with van der Waals surface area (Å²) < 4.78 is 4.80. The number of ether oxygens (including phenoxy) is 1. The molecule has 76 valence electrons. The molecule has 6 heteroatoms. The molecular weight excluding hydrogens is 194 g/mol. The minimum atomic E-state index is 0.314. The molecule has 1 aromatic heterocycles. The molecule has 0 unspecified atom stereocenters. The Bertz CT molecular complexity index is 410. The molecule has 0 spiro atoms. The van der Waals surface area contributed by atoms with Crippen molar-refractivity contribution in [2.45, 2.75) is 6.42 Å². The summed E-state index contributed by atoms with van der Waals surface area (Å²) >= 11 is 0. The van der Waals surface area contributed by atoms with E-state index in [1.165, 1.54) is 7.11 Å². The van der Waals surface area contributed by atoms with E-state index in [9.17, 15) is 0 Å². The zero-order chi connectivity index (χ0) is 10.9. The van der Waals surface area contributed by atoms with Crippen LogP contribution in [0.15, 0.2) is 17.5 Å². The van der Waals surface area contributed by atoms with Crippen LogP contribution in [0.1, 0.15) is 12.0 Å². The molecule has 0 saturated heterocycles. The minimum Gasteiger partial charge on any atom is -0.467 e. The highest BCUT2D eigenvalue weighted by Crippen LogP contribution is 1.99. The maximum atomic E-state index is 8.02. The molecule has 0 bridgehead atoms. The molecule has 1 heterocycles. The van der Waals surface area contributed by atoms with E-state index in [1.54, 1.807) is 12.4 Å². The highest BCUT2D eigenvalue weighted by atomic mass is 16.5. The number of hydrogen-bond donors (Lipinski definition) is 0. The fraction of sp³-hybridized carbons (Fsp3) is 0.333. The molecule has 0 N–H and O–H groups in total. The van der Waals surface area contributed by atoms with Crippen molar-refractivity contribution in [1.82, 2.24) is 9.97 Å². The van der Waals surface area contributed by atoms with Crippen LogP contribution in [0.25, 0.3) is 10.4 Å². The molecule has 15 heavy (non-hydrogen) atoms. The third-order valence-corrected chi connectivity index (χ3v) is 1.44. The number of azide groups is 1. The Balaban J connectivity index is 2.52. The van der Waals surface area contributed by atoms with E-state index in [1.807, 2.05) is 0 Å². The van der Waals surface area contributed by atoms with Crippen LogP contribution in [0.2, 0.25) is 0 Å². The summed E-state index contributed by atoms with van der Waals surface area (Å²) in [5.74, 6) is 5.68. The average Bonchev–Trinajstić information content (AvgIpc) is 2.30. The van der Waals surface area contributed by atoms with Gasteiger partial charge in [0.1, 0.15) is 0 Å². The first-order chi connectivity index (χ1) is 7.36. The number of methoxy groups -OCH3 is 1. The Hall–Kier alpha value is -2.25. The van der Waals surface area contributed by atoms with Crippen LogP contribution in [0.3, 0.4) is 0 Å². The quantitative estimate of drug-likeness (QED) is 0.245. The Morgan fingerprint density at radius 3 is 2.87 bits per heavy atom. The first-order valence-corrected chi connectivity index (χ1v) is 4.22. The largest absolute Gasteiger partial charge is 0.467 e. The molecule has 0 aromatic carbocycles. The fourth-order valence-corrected chi connectivity index (χ4v) is 0.801. The molecule has 0 aliphatic heterocycles. The Morgan fingerprint density at radius 1 is 1.53 bits per heavy atom. The Kier molecular flexibility index (Phi) is 4.51. The van der Waals surface area contributed by atoms with Gasteiger partial charge < -0.3 is 4.74 Å². The summed E-state index contributed by atoms with van der Waals surface area (Å²) in [4.78, 5) is 10.4. The lowest BCUT2D eigenvalue weighted by Gasteiger charge is -1.94. The summed E-state index contributed by atoms with van der Waals surface area (Å²) in [6.07, 6.45) is 3.68. The Labute approximate surface area is 86.9 Å². The predicted molar refractivity (Wildman–Crippen MR) is 54.1 cm³/mol. The maximum absolute atomic E-state index is 8.02. The molecular formula is C9H9N5O. The van der Waals surface area contributed by atoms with Crippen LogP contribution >= 0.6 is 0 Å². The van der Waals surface area contributed by atoms with Gasteiger partial charge in [0.15, 0.2) is 0 Å². The van der Waals surface area contributed by atoms with E-state index >= 15 is 0 Å². The predicted octanol–water partition coefficient (Wildman–Crippen LogP) is 1.54. The van der Waals surface area contributed by atoms with Gasteiger partial charge in [0, 0.05) is 30.3 Å². The van der Waals surface area contributed by atoms with Gasteiger partial charge in [0.2, 0.25) is 0 Å². The standard InChI is InChI=1S/C9H9N5O/c1-15-9-11-6-8(7-12-9)4-2-3-5-13-14-10/h6-7H,3,5H2,1H3. The van der Waals surface area contributed by atoms with Crippen LogP contribution in [-0.2, 0) is 0 Å². The van der Waals surface area contributed by atoms with Gasteiger partial charge in [0.05, 0.1) is 12.7 Å². The lowest BCUT2D eigenvalue weighted by atomic mass is 10.3. The topological polar surface area (TPSA) is 83.8 Å². The lowest BCUT2D eigenvalue weighted by Crippen LogP contribution is -1.91. The summed E-state index contributed by atoms with van der Waals surface area (Å²) in [6.45, 7) is 0.376. The second-order valence-corrected chi connectivity index (χ2v) is 2.46. The number of rotatable bonds is 3. The molecule has 0 amide bonds. The monoisotopic (exact) mass is 203 g/mol. The molecule has 0 atom stereocenters. The first-order valence-electron chi connectivity index (χ1n) is 4.22. The van der Waals surface area contributed by atoms with Crippen molar-refractivity contribution in [2.75, 3.05) is 13.7 Å². The molecule has 6 nitrogen and oxygen atoms in total. The highest BCUT2D eigenvalue weighted by molar-refractivity contribution is 5.29.